The van der Waals surface area contributed by atoms with E-state index in [1.165, 1.54) is 11.5 Å². The van der Waals surface area contributed by atoms with Gasteiger partial charge in [0.25, 0.3) is 0 Å². The third kappa shape index (κ3) is 4.26. The van der Waals surface area contributed by atoms with Gasteiger partial charge in [-0.1, -0.05) is 35.5 Å². The van der Waals surface area contributed by atoms with Crippen LogP contribution < -0.4 is 0 Å². The van der Waals surface area contributed by atoms with E-state index in [-0.39, 0.29) is 6.42 Å². The Bertz CT molecular complexity index is 1530. The molecule has 36 heavy (non-hydrogen) atoms. The summed E-state index contributed by atoms with van der Waals surface area (Å²) in [5, 5.41) is 19.1. The van der Waals surface area contributed by atoms with E-state index in [1.54, 1.807) is 31.8 Å². The summed E-state index contributed by atoms with van der Waals surface area (Å²) in [5.41, 5.74) is 3.97. The molecule has 0 aliphatic carbocycles. The Balaban J connectivity index is 1.85. The van der Waals surface area contributed by atoms with Crippen molar-refractivity contribution in [3.63, 3.8) is 0 Å². The summed E-state index contributed by atoms with van der Waals surface area (Å²) in [7, 11) is 1.78. The minimum atomic E-state index is -4.32. The number of aromatic nitrogens is 6. The topological polar surface area (TPSA) is 81.7 Å². The van der Waals surface area contributed by atoms with Crippen LogP contribution in [-0.2, 0) is 12.6 Å². The van der Waals surface area contributed by atoms with Crippen molar-refractivity contribution in [2.75, 3.05) is 0 Å². The fourth-order valence-electron chi connectivity index (χ4n) is 4.73. The molecule has 0 saturated heterocycles. The van der Waals surface area contributed by atoms with Gasteiger partial charge in [-0.25, -0.2) is 4.68 Å². The van der Waals surface area contributed by atoms with Crippen molar-refractivity contribution in [3.8, 4) is 11.3 Å². The molecule has 0 aliphatic rings. The van der Waals surface area contributed by atoms with Gasteiger partial charge in [0.15, 0.2) is 0 Å². The average molecular weight is 515 g/mol. The third-order valence-corrected chi connectivity index (χ3v) is 7.14. The summed E-state index contributed by atoms with van der Waals surface area (Å²) in [4.78, 5) is 4.73. The SMILES string of the molecule is Cc1nnn(C)c1-c1cnc2c3snc(C(C)(C)O)c3n(C(CCC(F)(F)F)c3ccccc3)c2c1. The normalized spacial score (nSPS) is 13.7. The highest BCUT2D eigenvalue weighted by Gasteiger charge is 2.34. The van der Waals surface area contributed by atoms with Gasteiger partial charge in [-0.15, -0.1) is 5.10 Å². The Morgan fingerprint density at radius 1 is 1.14 bits per heavy atom. The van der Waals surface area contributed by atoms with Crippen LogP contribution in [0.5, 0.6) is 0 Å². The first kappa shape index (κ1) is 24.4. The molecule has 5 aromatic rings. The van der Waals surface area contributed by atoms with Gasteiger partial charge >= 0.3 is 6.18 Å². The Morgan fingerprint density at radius 2 is 1.86 bits per heavy atom. The molecule has 0 bridgehead atoms. The monoisotopic (exact) mass is 514 g/mol. The van der Waals surface area contributed by atoms with Crippen molar-refractivity contribution in [2.45, 2.75) is 51.4 Å². The second kappa shape index (κ2) is 8.67. The summed E-state index contributed by atoms with van der Waals surface area (Å²) >= 11 is 1.19. The summed E-state index contributed by atoms with van der Waals surface area (Å²) < 4.78 is 49.1. The fourth-order valence-corrected chi connectivity index (χ4v) is 5.75. The molecule has 7 nitrogen and oxygen atoms in total. The zero-order valence-corrected chi connectivity index (χ0v) is 21.0. The quantitative estimate of drug-likeness (QED) is 0.305. The smallest absolute Gasteiger partial charge is 0.384 e. The van der Waals surface area contributed by atoms with E-state index in [0.717, 1.165) is 21.5 Å². The summed E-state index contributed by atoms with van der Waals surface area (Å²) in [5.74, 6) is 0. The number of hydrogen-bond acceptors (Lipinski definition) is 6. The number of hydrogen-bond donors (Lipinski definition) is 1. The van der Waals surface area contributed by atoms with E-state index in [4.69, 9.17) is 4.98 Å². The first-order chi connectivity index (χ1) is 17.0. The second-order valence-corrected chi connectivity index (χ2v) is 10.2. The average Bonchev–Trinajstić information content (AvgIpc) is 3.47. The molecule has 1 aromatic carbocycles. The lowest BCUT2D eigenvalue weighted by Crippen LogP contribution is -2.20. The van der Waals surface area contributed by atoms with E-state index >= 15 is 0 Å². The van der Waals surface area contributed by atoms with Crippen LogP contribution in [-0.4, -0.2) is 40.2 Å². The highest BCUT2D eigenvalue weighted by atomic mass is 32.1. The molecule has 11 heteroatoms. The number of aliphatic hydroxyl groups is 1. The van der Waals surface area contributed by atoms with Gasteiger partial charge in [0.2, 0.25) is 0 Å². The third-order valence-electron chi connectivity index (χ3n) is 6.30. The van der Waals surface area contributed by atoms with Crippen LogP contribution in [0.2, 0.25) is 0 Å². The molecule has 0 fully saturated rings. The summed E-state index contributed by atoms with van der Waals surface area (Å²) in [6.45, 7) is 5.09. The van der Waals surface area contributed by atoms with Crippen molar-refractivity contribution in [1.29, 1.82) is 0 Å². The van der Waals surface area contributed by atoms with Crippen LogP contribution in [0.25, 0.3) is 32.5 Å². The largest absolute Gasteiger partial charge is 0.389 e. The van der Waals surface area contributed by atoms with Gasteiger partial charge < -0.3 is 9.67 Å². The van der Waals surface area contributed by atoms with Crippen molar-refractivity contribution < 1.29 is 18.3 Å². The van der Waals surface area contributed by atoms with Gasteiger partial charge in [0.1, 0.15) is 16.8 Å². The lowest BCUT2D eigenvalue weighted by atomic mass is 10.00. The maximum Gasteiger partial charge on any atom is 0.389 e. The van der Waals surface area contributed by atoms with E-state index in [9.17, 15) is 18.3 Å². The molecule has 0 spiro atoms. The summed E-state index contributed by atoms with van der Waals surface area (Å²) in [6.07, 6.45) is -3.73. The van der Waals surface area contributed by atoms with Crippen molar-refractivity contribution in [1.82, 2.24) is 28.9 Å². The lowest BCUT2D eigenvalue weighted by Gasteiger charge is -2.24. The zero-order valence-electron chi connectivity index (χ0n) is 20.2. The molecule has 5 rings (SSSR count). The fraction of sp³-hybridized carbons (Fsp3) is 0.360. The standard InChI is InChI=1S/C25H25F3N6OS/c1-14-20(33(4)32-30-14)16-12-18-19(29-13-16)22-21(23(31-36-22)24(2,3)35)34(18)17(10-11-25(26,27)28)15-8-6-5-7-9-15/h5-9,12-13,17,35H,10-11H2,1-4H3. The molecule has 0 saturated carbocycles. The van der Waals surface area contributed by atoms with Gasteiger partial charge in [-0.2, -0.15) is 17.5 Å². The highest BCUT2D eigenvalue weighted by molar-refractivity contribution is 7.14. The predicted molar refractivity (Wildman–Crippen MR) is 133 cm³/mol. The van der Waals surface area contributed by atoms with Crippen LogP contribution in [0.1, 0.15) is 49.7 Å². The maximum absolute atomic E-state index is 13.5. The Labute approximate surface area is 209 Å². The first-order valence-electron chi connectivity index (χ1n) is 11.5. The van der Waals surface area contributed by atoms with Crippen LogP contribution >= 0.6 is 11.5 Å². The minimum absolute atomic E-state index is 0.177. The number of nitrogens with zero attached hydrogens (tertiary/aromatic N) is 6. The predicted octanol–water partition coefficient (Wildman–Crippen LogP) is 5.91. The molecular weight excluding hydrogens is 489 g/mol. The van der Waals surface area contributed by atoms with Crippen LogP contribution in [0.3, 0.4) is 0 Å². The number of rotatable bonds is 6. The highest BCUT2D eigenvalue weighted by Crippen LogP contribution is 2.43. The van der Waals surface area contributed by atoms with Crippen molar-refractivity contribution in [2.24, 2.45) is 7.05 Å². The van der Waals surface area contributed by atoms with Crippen LogP contribution in [0, 0.1) is 6.92 Å². The first-order valence-corrected chi connectivity index (χ1v) is 12.2. The van der Waals surface area contributed by atoms with Gasteiger partial charge in [-0.3, -0.25) is 4.98 Å². The summed E-state index contributed by atoms with van der Waals surface area (Å²) in [6, 6.07) is 10.4. The van der Waals surface area contributed by atoms with E-state index in [0.29, 0.717) is 27.9 Å². The molecule has 1 atom stereocenters. The molecular formula is C25H25F3N6OS. The van der Waals surface area contributed by atoms with Gasteiger partial charge in [0, 0.05) is 25.2 Å². The Kier molecular flexibility index (Phi) is 5.87. The van der Waals surface area contributed by atoms with Gasteiger partial charge in [-0.05, 0) is 50.4 Å². The number of benzene rings is 1. The second-order valence-electron chi connectivity index (χ2n) is 9.46. The lowest BCUT2D eigenvalue weighted by molar-refractivity contribution is -0.136. The molecule has 0 amide bonds. The minimum Gasteiger partial charge on any atom is -0.384 e. The maximum atomic E-state index is 13.5. The number of alkyl halides is 3. The van der Waals surface area contributed by atoms with Gasteiger partial charge in [0.05, 0.1) is 33.2 Å². The molecule has 4 aromatic heterocycles. The number of fused-ring (bicyclic) bond motifs is 3. The van der Waals surface area contributed by atoms with E-state index in [1.807, 2.05) is 47.9 Å². The Morgan fingerprint density at radius 3 is 2.47 bits per heavy atom. The number of halogens is 3. The van der Waals surface area contributed by atoms with Crippen LogP contribution in [0.4, 0.5) is 13.2 Å². The van der Waals surface area contributed by atoms with Crippen LogP contribution in [0.15, 0.2) is 42.6 Å². The molecule has 1 unspecified atom stereocenters. The van der Waals surface area contributed by atoms with Crippen molar-refractivity contribution in [3.05, 3.63) is 59.5 Å². The Hall–Kier alpha value is -3.31. The molecule has 0 radical (unpaired) electrons. The molecule has 4 heterocycles. The zero-order chi connectivity index (χ0) is 25.8. The number of pyridine rings is 1. The molecule has 188 valence electrons. The van der Waals surface area contributed by atoms with E-state index < -0.39 is 24.2 Å². The van der Waals surface area contributed by atoms with E-state index in [2.05, 4.69) is 14.7 Å². The van der Waals surface area contributed by atoms with Crippen molar-refractivity contribution >= 4 is 32.8 Å². The molecule has 0 aliphatic heterocycles. The number of aryl methyl sites for hydroxylation is 2. The molecule has 1 N–H and O–H groups in total.